The molecule has 0 saturated heterocycles. The fourth-order valence-corrected chi connectivity index (χ4v) is 8.10. The van der Waals surface area contributed by atoms with Crippen LogP contribution in [0.4, 0.5) is 0 Å². The molecule has 0 heterocycles. The van der Waals surface area contributed by atoms with Gasteiger partial charge in [0, 0.05) is 12.1 Å². The molecule has 0 aliphatic heterocycles. The average molecular weight is 307 g/mol. The molecule has 0 amide bonds. The summed E-state index contributed by atoms with van der Waals surface area (Å²) in [6.45, 7) is 10.2. The highest BCUT2D eigenvalue weighted by molar-refractivity contribution is 6.75. The van der Waals surface area contributed by atoms with Gasteiger partial charge in [-0.3, -0.25) is 0 Å². The quantitative estimate of drug-likeness (QED) is 0.436. The fraction of sp³-hybridized carbons (Fsp3) is 0.684. The normalized spacial score (nSPS) is 13.3. The minimum atomic E-state index is -1.70. The van der Waals surface area contributed by atoms with Crippen molar-refractivity contribution in [1.82, 2.24) is 0 Å². The lowest BCUT2D eigenvalue weighted by atomic mass is 10.2. The molecule has 2 heteroatoms. The molecule has 0 aliphatic rings. The molecule has 0 N–H and O–H groups in total. The first-order chi connectivity index (χ1) is 10.2. The number of benzene rings is 1. The summed E-state index contributed by atoms with van der Waals surface area (Å²) in [6.07, 6.45) is 6.32. The van der Waals surface area contributed by atoms with E-state index in [1.807, 2.05) is 0 Å². The van der Waals surface area contributed by atoms with Gasteiger partial charge in [0.25, 0.3) is 0 Å². The van der Waals surface area contributed by atoms with Crippen molar-refractivity contribution in [2.45, 2.75) is 77.4 Å². The van der Waals surface area contributed by atoms with Crippen LogP contribution >= 0.6 is 0 Å². The highest BCUT2D eigenvalue weighted by Crippen LogP contribution is 2.37. The Balaban J connectivity index is 2.99. The summed E-state index contributed by atoms with van der Waals surface area (Å²) >= 11 is 0. The van der Waals surface area contributed by atoms with E-state index in [0.29, 0.717) is 5.54 Å². The maximum Gasteiger partial charge on any atom is 0.199 e. The minimum absolute atomic E-state index is 0.600. The van der Waals surface area contributed by atoms with Gasteiger partial charge in [-0.2, -0.15) is 0 Å². The molecule has 0 fully saturated rings. The van der Waals surface area contributed by atoms with Crippen molar-refractivity contribution in [3.8, 4) is 0 Å². The molecule has 120 valence electrons. The molecule has 0 saturated carbocycles. The van der Waals surface area contributed by atoms with Gasteiger partial charge >= 0.3 is 0 Å². The van der Waals surface area contributed by atoms with Crippen LogP contribution < -0.4 is 0 Å². The SMILES string of the molecule is CCCC[Si](CCCC)(OCCC)C(C)c1ccccc1. The number of hydrogen-bond acceptors (Lipinski definition) is 1. The second-order valence-corrected chi connectivity index (χ2v) is 10.5. The lowest BCUT2D eigenvalue weighted by Gasteiger charge is -2.37. The number of rotatable bonds is 11. The molecule has 0 radical (unpaired) electrons. The van der Waals surface area contributed by atoms with Crippen molar-refractivity contribution in [3.63, 3.8) is 0 Å². The zero-order chi connectivity index (χ0) is 15.6. The van der Waals surface area contributed by atoms with Crippen LogP contribution in [0.3, 0.4) is 0 Å². The Bertz CT molecular complexity index is 341. The molecular weight excluding hydrogens is 272 g/mol. The maximum absolute atomic E-state index is 6.64. The van der Waals surface area contributed by atoms with Gasteiger partial charge in [-0.1, -0.05) is 83.7 Å². The van der Waals surface area contributed by atoms with E-state index in [2.05, 4.69) is 58.0 Å². The van der Waals surface area contributed by atoms with E-state index in [-0.39, 0.29) is 0 Å². The zero-order valence-electron chi connectivity index (χ0n) is 14.5. The Labute approximate surface area is 133 Å². The first kappa shape index (κ1) is 18.4. The minimum Gasteiger partial charge on any atom is -0.416 e. The molecule has 1 atom stereocenters. The number of hydrogen-bond donors (Lipinski definition) is 0. The van der Waals surface area contributed by atoms with Crippen LogP contribution in [0, 0.1) is 0 Å². The van der Waals surface area contributed by atoms with Gasteiger partial charge in [-0.05, 0) is 24.1 Å². The molecule has 0 aromatic heterocycles. The summed E-state index contributed by atoms with van der Waals surface area (Å²) in [5.41, 5.74) is 2.08. The standard InChI is InChI=1S/C19H34OSi/c1-5-8-16-21(17-9-6-2,20-15-7-3)18(4)19-13-11-10-12-14-19/h10-14,18H,5-9,15-17H2,1-4H3. The molecule has 21 heavy (non-hydrogen) atoms. The Morgan fingerprint density at radius 3 is 1.95 bits per heavy atom. The second kappa shape index (κ2) is 10.2. The first-order valence-corrected chi connectivity index (χ1v) is 11.3. The maximum atomic E-state index is 6.64. The molecular formula is C19H34OSi. The lowest BCUT2D eigenvalue weighted by Crippen LogP contribution is -2.44. The molecule has 1 aromatic carbocycles. The third kappa shape index (κ3) is 5.59. The summed E-state index contributed by atoms with van der Waals surface area (Å²) in [7, 11) is -1.70. The van der Waals surface area contributed by atoms with E-state index in [4.69, 9.17) is 4.43 Å². The predicted molar refractivity (Wildman–Crippen MR) is 96.3 cm³/mol. The third-order valence-corrected chi connectivity index (χ3v) is 9.68. The predicted octanol–water partition coefficient (Wildman–Crippen LogP) is 6.30. The molecule has 0 spiro atoms. The highest BCUT2D eigenvalue weighted by Gasteiger charge is 2.40. The van der Waals surface area contributed by atoms with E-state index in [1.165, 1.54) is 43.3 Å². The Hall–Kier alpha value is -0.603. The largest absolute Gasteiger partial charge is 0.416 e. The second-order valence-electron chi connectivity index (χ2n) is 6.25. The monoisotopic (exact) mass is 306 g/mol. The van der Waals surface area contributed by atoms with Crippen molar-refractivity contribution >= 4 is 8.32 Å². The smallest absolute Gasteiger partial charge is 0.199 e. The summed E-state index contributed by atoms with van der Waals surface area (Å²) in [5.74, 6) is 0. The van der Waals surface area contributed by atoms with Gasteiger partial charge in [-0.15, -0.1) is 0 Å². The Morgan fingerprint density at radius 1 is 0.905 bits per heavy atom. The van der Waals surface area contributed by atoms with Gasteiger partial charge in [0.1, 0.15) is 0 Å². The van der Waals surface area contributed by atoms with Crippen LogP contribution in [0.25, 0.3) is 0 Å². The van der Waals surface area contributed by atoms with Crippen LogP contribution in [0.1, 0.15) is 70.9 Å². The van der Waals surface area contributed by atoms with E-state index in [9.17, 15) is 0 Å². The average Bonchev–Trinajstić information content (AvgIpc) is 2.55. The van der Waals surface area contributed by atoms with Gasteiger partial charge in [0.15, 0.2) is 8.32 Å². The Kier molecular flexibility index (Phi) is 8.94. The van der Waals surface area contributed by atoms with E-state index < -0.39 is 8.32 Å². The van der Waals surface area contributed by atoms with Crippen molar-refractivity contribution in [3.05, 3.63) is 35.9 Å². The van der Waals surface area contributed by atoms with Crippen LogP contribution in [-0.2, 0) is 4.43 Å². The molecule has 1 unspecified atom stereocenters. The lowest BCUT2D eigenvalue weighted by molar-refractivity contribution is 0.288. The van der Waals surface area contributed by atoms with E-state index in [1.54, 1.807) is 0 Å². The Morgan fingerprint density at radius 2 is 1.48 bits per heavy atom. The van der Waals surface area contributed by atoms with Crippen LogP contribution in [0.15, 0.2) is 30.3 Å². The molecule has 0 bridgehead atoms. The zero-order valence-corrected chi connectivity index (χ0v) is 15.5. The highest BCUT2D eigenvalue weighted by atomic mass is 28.4. The van der Waals surface area contributed by atoms with Crippen LogP contribution in [0.5, 0.6) is 0 Å². The van der Waals surface area contributed by atoms with E-state index in [0.717, 1.165) is 13.0 Å². The van der Waals surface area contributed by atoms with Crippen LogP contribution in [0.2, 0.25) is 12.1 Å². The molecule has 1 aromatic rings. The topological polar surface area (TPSA) is 9.23 Å². The third-order valence-electron chi connectivity index (χ3n) is 4.59. The summed E-state index contributed by atoms with van der Waals surface area (Å²) in [4.78, 5) is 0. The summed E-state index contributed by atoms with van der Waals surface area (Å²) in [5, 5.41) is 0. The molecule has 0 aliphatic carbocycles. The summed E-state index contributed by atoms with van der Waals surface area (Å²) in [6, 6.07) is 13.7. The van der Waals surface area contributed by atoms with E-state index >= 15 is 0 Å². The van der Waals surface area contributed by atoms with Gasteiger partial charge < -0.3 is 4.43 Å². The van der Waals surface area contributed by atoms with Crippen molar-refractivity contribution < 1.29 is 4.43 Å². The molecule has 1 nitrogen and oxygen atoms in total. The van der Waals surface area contributed by atoms with Crippen molar-refractivity contribution in [2.24, 2.45) is 0 Å². The molecule has 1 rings (SSSR count). The fourth-order valence-electron chi connectivity index (χ4n) is 3.13. The van der Waals surface area contributed by atoms with Gasteiger partial charge in [-0.25, -0.2) is 0 Å². The first-order valence-electron chi connectivity index (χ1n) is 8.89. The van der Waals surface area contributed by atoms with Gasteiger partial charge in [0.05, 0.1) is 0 Å². The van der Waals surface area contributed by atoms with Gasteiger partial charge in [0.2, 0.25) is 0 Å². The van der Waals surface area contributed by atoms with Crippen molar-refractivity contribution in [1.29, 1.82) is 0 Å². The van der Waals surface area contributed by atoms with Crippen molar-refractivity contribution in [2.75, 3.05) is 6.61 Å². The number of unbranched alkanes of at least 4 members (excludes halogenated alkanes) is 2. The van der Waals surface area contributed by atoms with Crippen LogP contribution in [-0.4, -0.2) is 14.9 Å². The summed E-state index contributed by atoms with van der Waals surface area (Å²) < 4.78 is 6.64.